The van der Waals surface area contributed by atoms with Gasteiger partial charge in [-0.25, -0.2) is 9.78 Å². The van der Waals surface area contributed by atoms with E-state index in [9.17, 15) is 4.79 Å². The molecule has 0 unspecified atom stereocenters. The van der Waals surface area contributed by atoms with Gasteiger partial charge in [0.1, 0.15) is 11.4 Å². The number of nitrogens with zero attached hydrogens (tertiary/aromatic N) is 2. The maximum atomic E-state index is 10.8. The van der Waals surface area contributed by atoms with Gasteiger partial charge in [0.25, 0.3) is 0 Å². The van der Waals surface area contributed by atoms with Crippen LogP contribution in [0.3, 0.4) is 0 Å². The van der Waals surface area contributed by atoms with E-state index in [4.69, 9.17) is 9.84 Å². The topological polar surface area (TPSA) is 72.3 Å². The van der Waals surface area contributed by atoms with Crippen molar-refractivity contribution >= 4 is 5.97 Å². The Balaban J connectivity index is 2.92. The molecular weight excluding hydrogens is 196 g/mol. The zero-order valence-corrected chi connectivity index (χ0v) is 9.02. The molecule has 15 heavy (non-hydrogen) atoms. The van der Waals surface area contributed by atoms with Crippen molar-refractivity contribution in [1.82, 2.24) is 9.97 Å². The lowest BCUT2D eigenvalue weighted by Crippen LogP contribution is -2.11. The molecule has 0 spiro atoms. The molecule has 5 nitrogen and oxygen atoms in total. The van der Waals surface area contributed by atoms with Crippen LogP contribution in [0.15, 0.2) is 6.20 Å². The predicted molar refractivity (Wildman–Crippen MR) is 54.1 cm³/mol. The summed E-state index contributed by atoms with van der Waals surface area (Å²) in [4.78, 5) is 18.6. The first-order chi connectivity index (χ1) is 7.00. The lowest BCUT2D eigenvalue weighted by atomic mass is 10.2. The second-order valence-electron chi connectivity index (χ2n) is 3.65. The van der Waals surface area contributed by atoms with E-state index in [0.717, 1.165) is 0 Å². The minimum atomic E-state index is -1.08. The number of aromatic carboxylic acids is 1. The van der Waals surface area contributed by atoms with Gasteiger partial charge in [-0.15, -0.1) is 0 Å². The fourth-order valence-electron chi connectivity index (χ4n) is 0.952. The maximum absolute atomic E-state index is 10.8. The van der Waals surface area contributed by atoms with E-state index in [1.807, 2.05) is 13.8 Å². The molecule has 1 heterocycles. The van der Waals surface area contributed by atoms with E-state index >= 15 is 0 Å². The number of carbonyl (C=O) groups is 1. The molecule has 0 aliphatic carbocycles. The highest BCUT2D eigenvalue weighted by atomic mass is 16.5. The second-order valence-corrected chi connectivity index (χ2v) is 3.65. The van der Waals surface area contributed by atoms with E-state index in [2.05, 4.69) is 9.97 Å². The fraction of sp³-hybridized carbons (Fsp3) is 0.500. The third kappa shape index (κ3) is 3.19. The highest BCUT2D eigenvalue weighted by Gasteiger charge is 2.14. The summed E-state index contributed by atoms with van der Waals surface area (Å²) in [6.07, 6.45) is 1.26. The van der Waals surface area contributed by atoms with Crippen LogP contribution in [0.1, 0.15) is 30.0 Å². The highest BCUT2D eigenvalue weighted by molar-refractivity contribution is 5.89. The number of hydrogen-bond donors (Lipinski definition) is 1. The van der Waals surface area contributed by atoms with Crippen LogP contribution in [-0.2, 0) is 0 Å². The van der Waals surface area contributed by atoms with Crippen LogP contribution in [0.4, 0.5) is 0 Å². The Labute approximate surface area is 88.1 Å². The van der Waals surface area contributed by atoms with E-state index in [1.54, 1.807) is 6.92 Å². The van der Waals surface area contributed by atoms with Crippen LogP contribution < -0.4 is 4.74 Å². The van der Waals surface area contributed by atoms with Gasteiger partial charge in [-0.3, -0.25) is 0 Å². The van der Waals surface area contributed by atoms with Crippen molar-refractivity contribution in [3.63, 3.8) is 0 Å². The van der Waals surface area contributed by atoms with Crippen molar-refractivity contribution < 1.29 is 14.6 Å². The fourth-order valence-corrected chi connectivity index (χ4v) is 0.952. The van der Waals surface area contributed by atoms with Crippen molar-refractivity contribution in [2.75, 3.05) is 6.61 Å². The van der Waals surface area contributed by atoms with Crippen LogP contribution in [0.2, 0.25) is 0 Å². The van der Waals surface area contributed by atoms with Crippen molar-refractivity contribution in [1.29, 1.82) is 0 Å². The van der Waals surface area contributed by atoms with Gasteiger partial charge in [0.05, 0.1) is 6.61 Å². The zero-order chi connectivity index (χ0) is 11.4. The Hall–Kier alpha value is -1.65. The first-order valence-electron chi connectivity index (χ1n) is 4.70. The van der Waals surface area contributed by atoms with Crippen LogP contribution in [0.25, 0.3) is 0 Å². The average molecular weight is 210 g/mol. The quantitative estimate of drug-likeness (QED) is 0.815. The van der Waals surface area contributed by atoms with Crippen molar-refractivity contribution in [2.24, 2.45) is 5.92 Å². The molecule has 0 bridgehead atoms. The van der Waals surface area contributed by atoms with Gasteiger partial charge < -0.3 is 9.84 Å². The molecule has 1 rings (SSSR count). The first-order valence-corrected chi connectivity index (χ1v) is 4.70. The second kappa shape index (κ2) is 4.72. The summed E-state index contributed by atoms with van der Waals surface area (Å²) in [7, 11) is 0. The standard InChI is InChI=1S/C10H14N2O3/c1-6(2)5-15-9-8(10(13)14)4-11-7(3)12-9/h4,6H,5H2,1-3H3,(H,13,14). The number of carboxylic acids is 1. The van der Waals surface area contributed by atoms with Crippen LogP contribution in [0.5, 0.6) is 5.88 Å². The molecule has 0 radical (unpaired) electrons. The van der Waals surface area contributed by atoms with E-state index < -0.39 is 5.97 Å². The lowest BCUT2D eigenvalue weighted by molar-refractivity contribution is 0.0689. The van der Waals surface area contributed by atoms with Crippen molar-refractivity contribution in [2.45, 2.75) is 20.8 Å². The number of hydrogen-bond acceptors (Lipinski definition) is 4. The Kier molecular flexibility index (Phi) is 3.60. The van der Waals surface area contributed by atoms with E-state index in [0.29, 0.717) is 18.3 Å². The van der Waals surface area contributed by atoms with E-state index in [1.165, 1.54) is 6.20 Å². The Bertz CT molecular complexity index is 364. The number of carboxylic acid groups (broad SMARTS) is 1. The number of rotatable bonds is 4. The predicted octanol–water partition coefficient (Wildman–Crippen LogP) is 1.52. The van der Waals surface area contributed by atoms with E-state index in [-0.39, 0.29) is 11.4 Å². The summed E-state index contributed by atoms with van der Waals surface area (Å²) in [6, 6.07) is 0. The first kappa shape index (κ1) is 11.4. The smallest absolute Gasteiger partial charge is 0.342 e. The summed E-state index contributed by atoms with van der Waals surface area (Å²) >= 11 is 0. The third-order valence-electron chi connectivity index (χ3n) is 1.66. The van der Waals surface area contributed by atoms with Crippen LogP contribution >= 0.6 is 0 Å². The third-order valence-corrected chi connectivity index (χ3v) is 1.66. The SMILES string of the molecule is Cc1ncc(C(=O)O)c(OCC(C)C)n1. The van der Waals surface area contributed by atoms with Gasteiger partial charge in [-0.1, -0.05) is 13.8 Å². The molecule has 0 fully saturated rings. The van der Waals surface area contributed by atoms with Gasteiger partial charge >= 0.3 is 5.97 Å². The van der Waals surface area contributed by atoms with Crippen molar-refractivity contribution in [3.05, 3.63) is 17.6 Å². The number of ether oxygens (including phenoxy) is 1. The van der Waals surface area contributed by atoms with Gasteiger partial charge in [0.2, 0.25) is 5.88 Å². The minimum Gasteiger partial charge on any atom is -0.477 e. The molecule has 1 aromatic heterocycles. The van der Waals surface area contributed by atoms with Gasteiger partial charge in [0.15, 0.2) is 0 Å². The normalized spacial score (nSPS) is 10.4. The molecule has 1 N–H and O–H groups in total. The number of aromatic nitrogens is 2. The highest BCUT2D eigenvalue weighted by Crippen LogP contribution is 2.15. The van der Waals surface area contributed by atoms with Gasteiger partial charge in [-0.2, -0.15) is 4.98 Å². The summed E-state index contributed by atoms with van der Waals surface area (Å²) in [6.45, 7) is 6.09. The molecule has 1 aromatic rings. The number of aryl methyl sites for hydroxylation is 1. The van der Waals surface area contributed by atoms with Gasteiger partial charge in [0, 0.05) is 6.20 Å². The van der Waals surface area contributed by atoms with Crippen LogP contribution in [-0.4, -0.2) is 27.7 Å². The van der Waals surface area contributed by atoms with Crippen LogP contribution in [0, 0.1) is 12.8 Å². The minimum absolute atomic E-state index is 0.00116. The Morgan fingerprint density at radius 3 is 2.80 bits per heavy atom. The maximum Gasteiger partial charge on any atom is 0.342 e. The monoisotopic (exact) mass is 210 g/mol. The molecule has 5 heteroatoms. The molecule has 0 amide bonds. The van der Waals surface area contributed by atoms with Gasteiger partial charge in [-0.05, 0) is 12.8 Å². The summed E-state index contributed by atoms with van der Waals surface area (Å²) in [5.74, 6) is -0.113. The average Bonchev–Trinajstić information content (AvgIpc) is 2.14. The molecule has 0 aliphatic heterocycles. The summed E-state index contributed by atoms with van der Waals surface area (Å²) in [5.41, 5.74) is 0.00116. The largest absolute Gasteiger partial charge is 0.477 e. The zero-order valence-electron chi connectivity index (χ0n) is 9.02. The molecular formula is C10H14N2O3. The Morgan fingerprint density at radius 2 is 2.27 bits per heavy atom. The molecule has 0 aliphatic rings. The van der Waals surface area contributed by atoms with Crippen molar-refractivity contribution in [3.8, 4) is 5.88 Å². The molecule has 0 saturated carbocycles. The summed E-state index contributed by atoms with van der Waals surface area (Å²) in [5, 5.41) is 8.86. The summed E-state index contributed by atoms with van der Waals surface area (Å²) < 4.78 is 5.31. The molecule has 0 atom stereocenters. The Morgan fingerprint density at radius 1 is 1.60 bits per heavy atom. The molecule has 0 saturated heterocycles. The lowest BCUT2D eigenvalue weighted by Gasteiger charge is -2.09. The molecule has 0 aromatic carbocycles. The molecule has 82 valence electrons.